The molecule has 2 aromatic rings. The molecule has 1 heterocycles. The first kappa shape index (κ1) is 19.3. The van der Waals surface area contributed by atoms with Crippen molar-refractivity contribution in [3.05, 3.63) is 69.2 Å². The number of esters is 1. The van der Waals surface area contributed by atoms with Crippen molar-refractivity contribution in [2.45, 2.75) is 18.3 Å². The number of ether oxygens (including phenoxy) is 1. The van der Waals surface area contributed by atoms with E-state index in [9.17, 15) is 9.59 Å². The van der Waals surface area contributed by atoms with Gasteiger partial charge in [-0.1, -0.05) is 45.7 Å². The molecule has 7 heteroatoms. The van der Waals surface area contributed by atoms with Gasteiger partial charge < -0.3 is 9.64 Å². The Morgan fingerprint density at radius 3 is 2.58 bits per heavy atom. The normalized spacial score (nSPS) is 19.4. The SMILES string of the molecule is CCOC(=O)C1CSC(c2ccccc2Cl)N1C(=O)c1ccc(Br)cc1. The number of hydrogen-bond acceptors (Lipinski definition) is 4. The molecule has 2 unspecified atom stereocenters. The average molecular weight is 455 g/mol. The standard InChI is InChI=1S/C19H17BrClNO3S/c1-2-25-19(24)16-11-26-18(14-5-3-4-6-15(14)21)22(16)17(23)12-7-9-13(20)10-8-12/h3-10,16,18H,2,11H2,1H3. The molecule has 1 aliphatic rings. The first-order valence-electron chi connectivity index (χ1n) is 8.13. The van der Waals surface area contributed by atoms with Crippen molar-refractivity contribution in [1.82, 2.24) is 4.90 Å². The van der Waals surface area contributed by atoms with Crippen molar-refractivity contribution in [3.8, 4) is 0 Å². The van der Waals surface area contributed by atoms with Gasteiger partial charge in [-0.2, -0.15) is 0 Å². The van der Waals surface area contributed by atoms with Crippen LogP contribution in [0.15, 0.2) is 53.0 Å². The number of nitrogens with zero attached hydrogens (tertiary/aromatic N) is 1. The largest absolute Gasteiger partial charge is 0.464 e. The van der Waals surface area contributed by atoms with E-state index in [0.29, 0.717) is 16.3 Å². The molecule has 0 bridgehead atoms. The fourth-order valence-corrected chi connectivity index (χ4v) is 4.85. The summed E-state index contributed by atoms with van der Waals surface area (Å²) in [6.45, 7) is 2.03. The van der Waals surface area contributed by atoms with Crippen molar-refractivity contribution < 1.29 is 14.3 Å². The van der Waals surface area contributed by atoms with E-state index in [1.807, 2.05) is 18.2 Å². The summed E-state index contributed by atoms with van der Waals surface area (Å²) in [5, 5.41) is 0.234. The number of benzene rings is 2. The molecule has 2 atom stereocenters. The van der Waals surface area contributed by atoms with Gasteiger partial charge in [0.25, 0.3) is 5.91 Å². The predicted molar refractivity (Wildman–Crippen MR) is 107 cm³/mol. The highest BCUT2D eigenvalue weighted by atomic mass is 79.9. The molecule has 4 nitrogen and oxygen atoms in total. The lowest BCUT2D eigenvalue weighted by Gasteiger charge is -2.29. The molecule has 26 heavy (non-hydrogen) atoms. The van der Waals surface area contributed by atoms with E-state index >= 15 is 0 Å². The Morgan fingerprint density at radius 2 is 1.92 bits per heavy atom. The van der Waals surface area contributed by atoms with Crippen molar-refractivity contribution in [3.63, 3.8) is 0 Å². The maximum atomic E-state index is 13.2. The van der Waals surface area contributed by atoms with E-state index in [1.165, 1.54) is 11.8 Å². The molecule has 0 N–H and O–H groups in total. The van der Waals surface area contributed by atoms with Crippen LogP contribution in [0.2, 0.25) is 5.02 Å². The Bertz CT molecular complexity index is 815. The molecule has 0 saturated carbocycles. The molecule has 2 aromatic carbocycles. The second-order valence-electron chi connectivity index (χ2n) is 5.69. The smallest absolute Gasteiger partial charge is 0.329 e. The van der Waals surface area contributed by atoms with E-state index < -0.39 is 6.04 Å². The Labute approximate surface area is 170 Å². The number of carbonyl (C=O) groups is 2. The third-order valence-corrected chi connectivity index (χ3v) is 6.23. The number of halogens is 2. The molecule has 1 fully saturated rings. The minimum Gasteiger partial charge on any atom is -0.464 e. The van der Waals surface area contributed by atoms with Gasteiger partial charge >= 0.3 is 5.97 Å². The van der Waals surface area contributed by atoms with Gasteiger partial charge in [-0.25, -0.2) is 4.79 Å². The Morgan fingerprint density at radius 1 is 1.23 bits per heavy atom. The molecular formula is C19H17BrClNO3S. The lowest BCUT2D eigenvalue weighted by atomic mass is 10.1. The lowest BCUT2D eigenvalue weighted by Crippen LogP contribution is -2.43. The average Bonchev–Trinajstić information content (AvgIpc) is 3.07. The first-order valence-corrected chi connectivity index (χ1v) is 10.4. The van der Waals surface area contributed by atoms with Crippen LogP contribution in [-0.4, -0.2) is 35.2 Å². The molecular weight excluding hydrogens is 438 g/mol. The van der Waals surface area contributed by atoms with Crippen molar-refractivity contribution in [2.24, 2.45) is 0 Å². The Kier molecular flexibility index (Phi) is 6.27. The summed E-state index contributed by atoms with van der Waals surface area (Å²) in [7, 11) is 0. The fraction of sp³-hybridized carbons (Fsp3) is 0.263. The second kappa shape index (κ2) is 8.46. The zero-order valence-corrected chi connectivity index (χ0v) is 17.2. The molecule has 0 aromatic heterocycles. The lowest BCUT2D eigenvalue weighted by molar-refractivity contribution is -0.147. The summed E-state index contributed by atoms with van der Waals surface area (Å²) in [5.74, 6) is -0.137. The number of amides is 1. The monoisotopic (exact) mass is 453 g/mol. The van der Waals surface area contributed by atoms with Crippen LogP contribution in [-0.2, 0) is 9.53 Å². The van der Waals surface area contributed by atoms with Gasteiger partial charge in [0.15, 0.2) is 0 Å². The van der Waals surface area contributed by atoms with Crippen LogP contribution in [0.3, 0.4) is 0 Å². The minimum atomic E-state index is -0.641. The van der Waals surface area contributed by atoms with Crippen LogP contribution in [0.4, 0.5) is 0 Å². The van der Waals surface area contributed by atoms with Crippen LogP contribution >= 0.6 is 39.3 Å². The van der Waals surface area contributed by atoms with Crippen LogP contribution in [0.5, 0.6) is 0 Å². The maximum Gasteiger partial charge on any atom is 0.329 e. The maximum absolute atomic E-state index is 13.2. The van der Waals surface area contributed by atoms with E-state index in [-0.39, 0.29) is 23.9 Å². The Balaban J connectivity index is 1.99. The molecule has 3 rings (SSSR count). The van der Waals surface area contributed by atoms with E-state index in [1.54, 1.807) is 42.2 Å². The van der Waals surface area contributed by atoms with Gasteiger partial charge in [-0.3, -0.25) is 4.79 Å². The summed E-state index contributed by atoms with van der Waals surface area (Å²) in [6, 6.07) is 13.8. The number of rotatable bonds is 4. The number of hydrogen-bond donors (Lipinski definition) is 0. The van der Waals surface area contributed by atoms with Gasteiger partial charge in [0, 0.05) is 26.4 Å². The quantitative estimate of drug-likeness (QED) is 0.615. The molecule has 1 amide bonds. The summed E-state index contributed by atoms with van der Waals surface area (Å²) >= 11 is 11.2. The van der Waals surface area contributed by atoms with E-state index in [0.717, 1.165) is 10.0 Å². The van der Waals surface area contributed by atoms with Crippen molar-refractivity contribution in [1.29, 1.82) is 0 Å². The summed E-state index contributed by atoms with van der Waals surface area (Å²) in [6.07, 6.45) is 0. The first-order chi connectivity index (χ1) is 12.5. The highest BCUT2D eigenvalue weighted by Crippen LogP contribution is 2.44. The van der Waals surface area contributed by atoms with E-state index in [2.05, 4.69) is 15.9 Å². The molecule has 0 aliphatic carbocycles. The zero-order valence-electron chi connectivity index (χ0n) is 14.0. The topological polar surface area (TPSA) is 46.6 Å². The summed E-state index contributed by atoms with van der Waals surface area (Å²) in [5.41, 5.74) is 1.33. The summed E-state index contributed by atoms with van der Waals surface area (Å²) in [4.78, 5) is 27.2. The van der Waals surface area contributed by atoms with Crippen LogP contribution in [0, 0.1) is 0 Å². The third kappa shape index (κ3) is 3.92. The van der Waals surface area contributed by atoms with Gasteiger partial charge in [-0.05, 0) is 37.3 Å². The van der Waals surface area contributed by atoms with Gasteiger partial charge in [-0.15, -0.1) is 11.8 Å². The fourth-order valence-electron chi connectivity index (χ4n) is 2.83. The molecule has 0 spiro atoms. The van der Waals surface area contributed by atoms with Crippen LogP contribution < -0.4 is 0 Å². The van der Waals surface area contributed by atoms with Gasteiger partial charge in [0.2, 0.25) is 0 Å². The number of carbonyl (C=O) groups excluding carboxylic acids is 2. The van der Waals surface area contributed by atoms with Crippen molar-refractivity contribution >= 4 is 51.2 Å². The van der Waals surface area contributed by atoms with Gasteiger partial charge in [0.05, 0.1) is 6.61 Å². The molecule has 1 saturated heterocycles. The summed E-state index contributed by atoms with van der Waals surface area (Å²) < 4.78 is 6.07. The third-order valence-electron chi connectivity index (χ3n) is 4.06. The number of thioether (sulfide) groups is 1. The molecule has 1 aliphatic heterocycles. The van der Waals surface area contributed by atoms with Crippen molar-refractivity contribution in [2.75, 3.05) is 12.4 Å². The highest BCUT2D eigenvalue weighted by molar-refractivity contribution is 9.10. The molecule has 0 radical (unpaired) electrons. The van der Waals surface area contributed by atoms with E-state index in [4.69, 9.17) is 16.3 Å². The zero-order chi connectivity index (χ0) is 18.7. The molecule has 136 valence electrons. The predicted octanol–water partition coefficient (Wildman–Crippen LogP) is 4.92. The van der Waals surface area contributed by atoms with Gasteiger partial charge in [0.1, 0.15) is 11.4 Å². The Hall–Kier alpha value is -1.50. The minimum absolute atomic E-state index is 0.217. The van der Waals surface area contributed by atoms with Crippen LogP contribution in [0.1, 0.15) is 28.2 Å². The van der Waals surface area contributed by atoms with Crippen LogP contribution in [0.25, 0.3) is 0 Å². The highest BCUT2D eigenvalue weighted by Gasteiger charge is 2.44. The second-order valence-corrected chi connectivity index (χ2v) is 8.13.